The van der Waals surface area contributed by atoms with E-state index >= 15 is 0 Å². The van der Waals surface area contributed by atoms with Crippen molar-refractivity contribution in [2.24, 2.45) is 0 Å². The predicted molar refractivity (Wildman–Crippen MR) is 41.3 cm³/mol. The van der Waals surface area contributed by atoms with E-state index in [0.29, 0.717) is 0 Å². The molecule has 3 nitrogen and oxygen atoms in total. The van der Waals surface area contributed by atoms with Crippen LogP contribution in [0.1, 0.15) is 0 Å². The lowest BCUT2D eigenvalue weighted by Crippen LogP contribution is -1.93. The summed E-state index contributed by atoms with van der Waals surface area (Å²) < 4.78 is 32.3. The van der Waals surface area contributed by atoms with Gasteiger partial charge in [0.15, 0.2) is 0 Å². The van der Waals surface area contributed by atoms with Gasteiger partial charge in [-0.3, -0.25) is 0 Å². The number of phenols is 1. The lowest BCUT2D eigenvalue weighted by atomic mass is 10.3. The van der Waals surface area contributed by atoms with Crippen LogP contribution in [0.2, 0.25) is 0 Å². The first-order chi connectivity index (χ1) is 6.26. The van der Waals surface area contributed by atoms with Gasteiger partial charge in [-0.05, 0) is 0 Å². The average molecular weight is 190 g/mol. The molecule has 5 heteroatoms. The Kier molecular flexibility index (Phi) is 3.31. The molecule has 0 aliphatic carbocycles. The minimum absolute atomic E-state index is 0.0888. The molecule has 0 heterocycles. The van der Waals surface area contributed by atoms with E-state index < -0.39 is 13.7 Å². The van der Waals surface area contributed by atoms with Crippen LogP contribution in [0.5, 0.6) is 17.2 Å². The third-order valence-corrected chi connectivity index (χ3v) is 1.31. The van der Waals surface area contributed by atoms with Crippen molar-refractivity contribution in [1.82, 2.24) is 0 Å². The molecule has 72 valence electrons. The summed E-state index contributed by atoms with van der Waals surface area (Å²) in [5, 5.41) is 9.04. The van der Waals surface area contributed by atoms with Gasteiger partial charge in [0.05, 0.1) is 0 Å². The van der Waals surface area contributed by atoms with Gasteiger partial charge >= 0.3 is 0 Å². The van der Waals surface area contributed by atoms with Crippen LogP contribution in [-0.2, 0) is 0 Å². The Bertz CT molecular complexity index is 254. The number of phenolic OH excluding ortho intramolecular Hbond substituents is 1. The second-order valence-corrected chi connectivity index (χ2v) is 2.17. The van der Waals surface area contributed by atoms with E-state index in [1.807, 2.05) is 0 Å². The number of aromatic hydroxyl groups is 1. The first-order valence-corrected chi connectivity index (χ1v) is 3.48. The van der Waals surface area contributed by atoms with E-state index in [1.165, 1.54) is 18.2 Å². The van der Waals surface area contributed by atoms with Gasteiger partial charge in [0, 0.05) is 18.2 Å². The summed E-state index contributed by atoms with van der Waals surface area (Å²) in [5.41, 5.74) is 0. The molecule has 1 aromatic carbocycles. The monoisotopic (exact) mass is 190 g/mol. The van der Waals surface area contributed by atoms with Crippen LogP contribution < -0.4 is 9.47 Å². The van der Waals surface area contributed by atoms with Crippen molar-refractivity contribution in [2.75, 3.05) is 13.7 Å². The molecule has 13 heavy (non-hydrogen) atoms. The Hall–Kier alpha value is -1.52. The third kappa shape index (κ3) is 2.77. The van der Waals surface area contributed by atoms with E-state index in [-0.39, 0.29) is 17.2 Å². The highest BCUT2D eigenvalue weighted by Crippen LogP contribution is 2.26. The standard InChI is InChI=1S/C8H8F2O3/c9-4-12-7-1-6(11)2-8(3-7)13-5-10/h1-3,11H,4-5H2. The number of benzene rings is 1. The minimum atomic E-state index is -1.02. The van der Waals surface area contributed by atoms with E-state index in [4.69, 9.17) is 5.11 Å². The summed E-state index contributed by atoms with van der Waals surface area (Å²) in [6.07, 6.45) is 0. The molecule has 1 aromatic rings. The molecule has 0 fully saturated rings. The van der Waals surface area contributed by atoms with Crippen LogP contribution in [-0.4, -0.2) is 18.8 Å². The van der Waals surface area contributed by atoms with Gasteiger partial charge < -0.3 is 14.6 Å². The number of hydrogen-bond acceptors (Lipinski definition) is 3. The molecular formula is C8H8F2O3. The summed E-state index contributed by atoms with van der Waals surface area (Å²) in [6.45, 7) is -2.03. The van der Waals surface area contributed by atoms with Gasteiger partial charge in [0.25, 0.3) is 0 Å². The molecule has 0 aromatic heterocycles. The number of hydrogen-bond donors (Lipinski definition) is 1. The molecule has 0 saturated heterocycles. The maximum atomic E-state index is 11.7. The van der Waals surface area contributed by atoms with E-state index in [1.54, 1.807) is 0 Å². The zero-order valence-corrected chi connectivity index (χ0v) is 6.67. The zero-order valence-electron chi connectivity index (χ0n) is 6.67. The van der Waals surface area contributed by atoms with Crippen molar-refractivity contribution >= 4 is 0 Å². The highest BCUT2D eigenvalue weighted by molar-refractivity contribution is 5.41. The summed E-state index contributed by atoms with van der Waals surface area (Å²) in [6, 6.07) is 3.67. The zero-order chi connectivity index (χ0) is 9.68. The van der Waals surface area contributed by atoms with Crippen molar-refractivity contribution < 1.29 is 23.4 Å². The average Bonchev–Trinajstić information content (AvgIpc) is 2.04. The fourth-order valence-electron chi connectivity index (χ4n) is 0.849. The Labute approximate surface area is 73.5 Å². The lowest BCUT2D eigenvalue weighted by molar-refractivity contribution is 0.181. The smallest absolute Gasteiger partial charge is 0.228 e. The Morgan fingerprint density at radius 2 is 1.46 bits per heavy atom. The third-order valence-electron chi connectivity index (χ3n) is 1.31. The van der Waals surface area contributed by atoms with Gasteiger partial charge in [-0.15, -0.1) is 0 Å². The Balaban J connectivity index is 2.83. The normalized spacial score (nSPS) is 9.69. The quantitative estimate of drug-likeness (QED) is 0.789. The molecule has 1 rings (SSSR count). The number of halogens is 2. The largest absolute Gasteiger partial charge is 0.508 e. The Morgan fingerprint density at radius 3 is 1.85 bits per heavy atom. The first kappa shape index (κ1) is 9.57. The molecule has 0 bridgehead atoms. The maximum absolute atomic E-state index is 11.7. The molecule has 0 spiro atoms. The van der Waals surface area contributed by atoms with Gasteiger partial charge in [-0.25, -0.2) is 8.78 Å². The highest BCUT2D eigenvalue weighted by Gasteiger charge is 2.01. The first-order valence-electron chi connectivity index (χ1n) is 3.48. The van der Waals surface area contributed by atoms with Crippen molar-refractivity contribution in [3.05, 3.63) is 18.2 Å². The van der Waals surface area contributed by atoms with Crippen LogP contribution in [0, 0.1) is 0 Å². The summed E-state index contributed by atoms with van der Waals surface area (Å²) in [4.78, 5) is 0. The van der Waals surface area contributed by atoms with Gasteiger partial charge in [-0.2, -0.15) is 0 Å². The Morgan fingerprint density at radius 1 is 1.00 bits per heavy atom. The van der Waals surface area contributed by atoms with Gasteiger partial charge in [0.2, 0.25) is 13.7 Å². The number of ether oxygens (including phenoxy) is 2. The topological polar surface area (TPSA) is 38.7 Å². The van der Waals surface area contributed by atoms with Crippen molar-refractivity contribution in [1.29, 1.82) is 0 Å². The second-order valence-electron chi connectivity index (χ2n) is 2.17. The molecule has 0 saturated carbocycles. The molecule has 0 aliphatic rings. The molecular weight excluding hydrogens is 182 g/mol. The van der Waals surface area contributed by atoms with E-state index in [2.05, 4.69) is 9.47 Å². The van der Waals surface area contributed by atoms with E-state index in [9.17, 15) is 8.78 Å². The van der Waals surface area contributed by atoms with Crippen LogP contribution in [0.25, 0.3) is 0 Å². The minimum Gasteiger partial charge on any atom is -0.508 e. The summed E-state index contributed by atoms with van der Waals surface area (Å²) in [7, 11) is 0. The number of alkyl halides is 2. The molecule has 1 N–H and O–H groups in total. The summed E-state index contributed by atoms with van der Waals surface area (Å²) >= 11 is 0. The fourth-order valence-corrected chi connectivity index (χ4v) is 0.849. The molecule has 0 amide bonds. The van der Waals surface area contributed by atoms with Gasteiger partial charge in [0.1, 0.15) is 17.2 Å². The molecule has 0 radical (unpaired) electrons. The van der Waals surface area contributed by atoms with Crippen LogP contribution in [0.3, 0.4) is 0 Å². The van der Waals surface area contributed by atoms with E-state index in [0.717, 1.165) is 0 Å². The van der Waals surface area contributed by atoms with Crippen molar-refractivity contribution in [2.45, 2.75) is 0 Å². The number of rotatable bonds is 4. The fraction of sp³-hybridized carbons (Fsp3) is 0.250. The summed E-state index contributed by atoms with van der Waals surface area (Å²) in [5.74, 6) is 0.00583. The second kappa shape index (κ2) is 4.49. The van der Waals surface area contributed by atoms with Crippen LogP contribution in [0.15, 0.2) is 18.2 Å². The van der Waals surface area contributed by atoms with Crippen molar-refractivity contribution in [3.63, 3.8) is 0 Å². The molecule has 0 unspecified atom stereocenters. The van der Waals surface area contributed by atoms with Gasteiger partial charge in [-0.1, -0.05) is 0 Å². The van der Waals surface area contributed by atoms with Crippen LogP contribution >= 0.6 is 0 Å². The van der Waals surface area contributed by atoms with Crippen molar-refractivity contribution in [3.8, 4) is 17.2 Å². The molecule has 0 atom stereocenters. The predicted octanol–water partition coefficient (Wildman–Crippen LogP) is 2.00. The lowest BCUT2D eigenvalue weighted by Gasteiger charge is -2.05. The van der Waals surface area contributed by atoms with Crippen LogP contribution in [0.4, 0.5) is 8.78 Å². The highest BCUT2D eigenvalue weighted by atomic mass is 19.1. The SMILES string of the molecule is Oc1cc(OCF)cc(OCF)c1. The molecule has 0 aliphatic heterocycles. The maximum Gasteiger partial charge on any atom is 0.228 e.